The lowest BCUT2D eigenvalue weighted by Crippen LogP contribution is -2.33. The van der Waals surface area contributed by atoms with E-state index in [1.807, 2.05) is 24.5 Å². The SMILES string of the molecule is Nc1cc2c(cc1CN1CCn3ccnc3C1)OCCO2. The van der Waals surface area contributed by atoms with Gasteiger partial charge in [0.15, 0.2) is 11.5 Å². The predicted octanol–water partition coefficient (Wildman–Crippen LogP) is 1.25. The first-order valence-electron chi connectivity index (χ1n) is 7.20. The Kier molecular flexibility index (Phi) is 2.96. The standard InChI is InChI=1S/C15H18N4O2/c16-12-8-14-13(20-5-6-21-14)7-11(12)9-18-3-4-19-2-1-17-15(19)10-18/h1-2,7-8H,3-6,9-10,16H2. The Hall–Kier alpha value is -2.21. The fourth-order valence-corrected chi connectivity index (χ4v) is 2.88. The van der Waals surface area contributed by atoms with Crippen molar-refractivity contribution < 1.29 is 9.47 Å². The van der Waals surface area contributed by atoms with Crippen LogP contribution < -0.4 is 15.2 Å². The highest BCUT2D eigenvalue weighted by molar-refractivity contribution is 5.58. The van der Waals surface area contributed by atoms with Gasteiger partial charge in [-0.2, -0.15) is 0 Å². The van der Waals surface area contributed by atoms with Crippen LogP contribution in [0.2, 0.25) is 0 Å². The van der Waals surface area contributed by atoms with Crippen LogP contribution in [0.3, 0.4) is 0 Å². The Bertz CT molecular complexity index is 668. The molecule has 0 radical (unpaired) electrons. The molecule has 0 bridgehead atoms. The highest BCUT2D eigenvalue weighted by Gasteiger charge is 2.20. The van der Waals surface area contributed by atoms with Crippen molar-refractivity contribution in [3.8, 4) is 11.5 Å². The summed E-state index contributed by atoms with van der Waals surface area (Å²) >= 11 is 0. The molecule has 1 aromatic carbocycles. The Balaban J connectivity index is 1.55. The molecule has 0 unspecified atom stereocenters. The Morgan fingerprint density at radius 2 is 1.95 bits per heavy atom. The molecule has 0 fully saturated rings. The third-order valence-corrected chi connectivity index (χ3v) is 4.02. The van der Waals surface area contributed by atoms with Crippen LogP contribution in [-0.2, 0) is 19.6 Å². The molecule has 110 valence electrons. The first-order chi connectivity index (χ1) is 10.3. The second kappa shape index (κ2) is 4.96. The summed E-state index contributed by atoms with van der Waals surface area (Å²) in [5.74, 6) is 2.65. The van der Waals surface area contributed by atoms with E-state index in [4.69, 9.17) is 15.2 Å². The van der Waals surface area contributed by atoms with Gasteiger partial charge < -0.3 is 19.8 Å². The molecular weight excluding hydrogens is 268 g/mol. The van der Waals surface area contributed by atoms with Crippen molar-refractivity contribution in [1.29, 1.82) is 0 Å². The van der Waals surface area contributed by atoms with E-state index < -0.39 is 0 Å². The molecule has 0 saturated heterocycles. The second-order valence-electron chi connectivity index (χ2n) is 5.44. The monoisotopic (exact) mass is 286 g/mol. The molecule has 0 spiro atoms. The minimum Gasteiger partial charge on any atom is -0.486 e. The maximum absolute atomic E-state index is 6.15. The number of ether oxygens (including phenoxy) is 2. The van der Waals surface area contributed by atoms with E-state index >= 15 is 0 Å². The number of aromatic nitrogens is 2. The molecule has 2 N–H and O–H groups in total. The van der Waals surface area contributed by atoms with Crippen molar-refractivity contribution >= 4 is 5.69 Å². The molecule has 21 heavy (non-hydrogen) atoms. The van der Waals surface area contributed by atoms with Crippen molar-refractivity contribution in [2.45, 2.75) is 19.6 Å². The van der Waals surface area contributed by atoms with Crippen molar-refractivity contribution in [3.63, 3.8) is 0 Å². The summed E-state index contributed by atoms with van der Waals surface area (Å²) in [5.41, 5.74) is 7.99. The number of anilines is 1. The number of fused-ring (bicyclic) bond motifs is 2. The van der Waals surface area contributed by atoms with E-state index in [0.29, 0.717) is 13.2 Å². The van der Waals surface area contributed by atoms with E-state index in [1.165, 1.54) is 0 Å². The molecule has 6 heteroatoms. The number of nitrogen functional groups attached to an aromatic ring is 1. The minimum atomic E-state index is 0.584. The van der Waals surface area contributed by atoms with E-state index in [-0.39, 0.29) is 0 Å². The lowest BCUT2D eigenvalue weighted by molar-refractivity contribution is 0.170. The van der Waals surface area contributed by atoms with Gasteiger partial charge in [-0.3, -0.25) is 4.90 Å². The number of rotatable bonds is 2. The summed E-state index contributed by atoms with van der Waals surface area (Å²) < 4.78 is 13.4. The van der Waals surface area contributed by atoms with E-state index in [1.54, 1.807) is 0 Å². The molecule has 3 heterocycles. The quantitative estimate of drug-likeness (QED) is 0.842. The van der Waals surface area contributed by atoms with Crippen LogP contribution in [-0.4, -0.2) is 34.2 Å². The van der Waals surface area contributed by atoms with Crippen LogP contribution in [0, 0.1) is 0 Å². The van der Waals surface area contributed by atoms with Gasteiger partial charge in [0.2, 0.25) is 0 Å². The largest absolute Gasteiger partial charge is 0.486 e. The molecule has 2 aliphatic rings. The van der Waals surface area contributed by atoms with Crippen LogP contribution in [0.15, 0.2) is 24.5 Å². The Morgan fingerprint density at radius 3 is 2.81 bits per heavy atom. The summed E-state index contributed by atoms with van der Waals surface area (Å²) in [7, 11) is 0. The van der Waals surface area contributed by atoms with Gasteiger partial charge >= 0.3 is 0 Å². The van der Waals surface area contributed by atoms with Crippen LogP contribution in [0.25, 0.3) is 0 Å². The third kappa shape index (κ3) is 2.31. The summed E-state index contributed by atoms with van der Waals surface area (Å²) in [6.45, 7) is 4.80. The van der Waals surface area contributed by atoms with Crippen molar-refractivity contribution in [2.75, 3.05) is 25.5 Å². The zero-order chi connectivity index (χ0) is 14.2. The molecule has 2 aromatic rings. The van der Waals surface area contributed by atoms with Gasteiger partial charge in [-0.15, -0.1) is 0 Å². The molecule has 4 rings (SSSR count). The number of hydrogen-bond acceptors (Lipinski definition) is 5. The average Bonchev–Trinajstić information content (AvgIpc) is 2.95. The first kappa shape index (κ1) is 12.5. The Labute approximate surface area is 123 Å². The van der Waals surface area contributed by atoms with Crippen LogP contribution >= 0.6 is 0 Å². The molecular formula is C15H18N4O2. The number of imidazole rings is 1. The second-order valence-corrected chi connectivity index (χ2v) is 5.44. The van der Waals surface area contributed by atoms with Crippen LogP contribution in [0.5, 0.6) is 11.5 Å². The Morgan fingerprint density at radius 1 is 1.14 bits per heavy atom. The number of nitrogens with zero attached hydrogens (tertiary/aromatic N) is 3. The van der Waals surface area contributed by atoms with Gasteiger partial charge in [0.05, 0.1) is 6.54 Å². The zero-order valence-corrected chi connectivity index (χ0v) is 11.8. The number of hydrogen-bond donors (Lipinski definition) is 1. The molecule has 0 atom stereocenters. The van der Waals surface area contributed by atoms with E-state index in [9.17, 15) is 0 Å². The van der Waals surface area contributed by atoms with Crippen LogP contribution in [0.4, 0.5) is 5.69 Å². The smallest absolute Gasteiger partial charge is 0.163 e. The van der Waals surface area contributed by atoms with E-state index in [2.05, 4.69) is 14.5 Å². The first-order valence-corrected chi connectivity index (χ1v) is 7.20. The van der Waals surface area contributed by atoms with Crippen molar-refractivity contribution in [1.82, 2.24) is 14.5 Å². The topological polar surface area (TPSA) is 65.5 Å². The zero-order valence-electron chi connectivity index (χ0n) is 11.8. The third-order valence-electron chi connectivity index (χ3n) is 4.02. The van der Waals surface area contributed by atoms with Gasteiger partial charge in [0, 0.05) is 43.8 Å². The molecule has 0 saturated carbocycles. The number of benzene rings is 1. The maximum Gasteiger partial charge on any atom is 0.163 e. The lowest BCUT2D eigenvalue weighted by atomic mass is 10.1. The lowest BCUT2D eigenvalue weighted by Gasteiger charge is -2.28. The van der Waals surface area contributed by atoms with Gasteiger partial charge in [-0.1, -0.05) is 0 Å². The molecule has 0 aliphatic carbocycles. The predicted molar refractivity (Wildman–Crippen MR) is 78.2 cm³/mol. The molecule has 6 nitrogen and oxygen atoms in total. The maximum atomic E-state index is 6.15. The molecule has 1 aromatic heterocycles. The highest BCUT2D eigenvalue weighted by Crippen LogP contribution is 2.35. The summed E-state index contributed by atoms with van der Waals surface area (Å²) in [4.78, 5) is 6.74. The highest BCUT2D eigenvalue weighted by atomic mass is 16.6. The fourth-order valence-electron chi connectivity index (χ4n) is 2.88. The van der Waals surface area contributed by atoms with Gasteiger partial charge in [-0.25, -0.2) is 4.98 Å². The normalized spacial score (nSPS) is 17.5. The van der Waals surface area contributed by atoms with Gasteiger partial charge in [-0.05, 0) is 11.6 Å². The van der Waals surface area contributed by atoms with Gasteiger partial charge in [0.25, 0.3) is 0 Å². The summed E-state index contributed by atoms with van der Waals surface area (Å²) in [5, 5.41) is 0. The van der Waals surface area contributed by atoms with Crippen LogP contribution in [0.1, 0.15) is 11.4 Å². The van der Waals surface area contributed by atoms with Gasteiger partial charge in [0.1, 0.15) is 19.0 Å². The fraction of sp³-hybridized carbons (Fsp3) is 0.400. The number of nitrogens with two attached hydrogens (primary N) is 1. The average molecular weight is 286 g/mol. The van der Waals surface area contributed by atoms with E-state index in [0.717, 1.165) is 54.8 Å². The summed E-state index contributed by atoms with van der Waals surface area (Å²) in [6.07, 6.45) is 3.89. The minimum absolute atomic E-state index is 0.584. The molecule has 0 amide bonds. The van der Waals surface area contributed by atoms with Crippen molar-refractivity contribution in [3.05, 3.63) is 35.9 Å². The van der Waals surface area contributed by atoms with Crippen molar-refractivity contribution in [2.24, 2.45) is 0 Å². The molecule has 2 aliphatic heterocycles. The summed E-state index contributed by atoms with van der Waals surface area (Å²) in [6, 6.07) is 3.87.